The van der Waals surface area contributed by atoms with Gasteiger partial charge in [-0.2, -0.15) is 0 Å². The summed E-state index contributed by atoms with van der Waals surface area (Å²) < 4.78 is 13.1. The highest BCUT2D eigenvalue weighted by atomic mass is 32.1. The predicted octanol–water partition coefficient (Wildman–Crippen LogP) is 3.39. The fraction of sp³-hybridized carbons (Fsp3) is 0.333. The standard InChI is InChI=1S/C15H16FNO2S/c1-9-10(2)20-14(17-9)8-12(15(18)19)6-11-4-3-5-13(16)7-11/h3-5,7,12H,6,8H2,1-2H3,(H,18,19). The van der Waals surface area contributed by atoms with Gasteiger partial charge in [0.25, 0.3) is 0 Å². The summed E-state index contributed by atoms with van der Waals surface area (Å²) in [6, 6.07) is 6.08. The molecule has 1 aromatic heterocycles. The van der Waals surface area contributed by atoms with Crippen LogP contribution in [0.2, 0.25) is 0 Å². The molecule has 5 heteroatoms. The number of benzene rings is 1. The van der Waals surface area contributed by atoms with Crippen molar-refractivity contribution in [1.82, 2.24) is 4.98 Å². The Kier molecular flexibility index (Phi) is 4.49. The number of aliphatic carboxylic acids is 1. The average Bonchev–Trinajstić information content (AvgIpc) is 2.67. The van der Waals surface area contributed by atoms with E-state index in [4.69, 9.17) is 0 Å². The number of carboxylic acids is 1. The monoisotopic (exact) mass is 293 g/mol. The van der Waals surface area contributed by atoms with Gasteiger partial charge in [-0.3, -0.25) is 4.79 Å². The van der Waals surface area contributed by atoms with Crippen molar-refractivity contribution in [2.24, 2.45) is 5.92 Å². The molecule has 20 heavy (non-hydrogen) atoms. The van der Waals surface area contributed by atoms with Gasteiger partial charge in [-0.25, -0.2) is 9.37 Å². The van der Waals surface area contributed by atoms with Crippen LogP contribution in [0.4, 0.5) is 4.39 Å². The second-order valence-corrected chi connectivity index (χ2v) is 6.11. The predicted molar refractivity (Wildman–Crippen MR) is 76.5 cm³/mol. The van der Waals surface area contributed by atoms with Crippen LogP contribution in [-0.4, -0.2) is 16.1 Å². The molecule has 0 amide bonds. The Balaban J connectivity index is 2.13. The van der Waals surface area contributed by atoms with E-state index in [1.54, 1.807) is 12.1 Å². The lowest BCUT2D eigenvalue weighted by atomic mass is 9.96. The molecule has 106 valence electrons. The molecule has 0 radical (unpaired) electrons. The fourth-order valence-corrected chi connectivity index (χ4v) is 3.05. The number of hydrogen-bond acceptors (Lipinski definition) is 3. The topological polar surface area (TPSA) is 50.2 Å². The molecule has 1 N–H and O–H groups in total. The van der Waals surface area contributed by atoms with Gasteiger partial charge < -0.3 is 5.11 Å². The number of hydrogen-bond donors (Lipinski definition) is 1. The average molecular weight is 293 g/mol. The highest BCUT2D eigenvalue weighted by Gasteiger charge is 2.21. The number of carboxylic acid groups (broad SMARTS) is 1. The maximum atomic E-state index is 13.1. The van der Waals surface area contributed by atoms with E-state index in [0.717, 1.165) is 15.6 Å². The zero-order valence-corrected chi connectivity index (χ0v) is 12.2. The first-order chi connectivity index (χ1) is 9.45. The van der Waals surface area contributed by atoms with E-state index < -0.39 is 11.9 Å². The van der Waals surface area contributed by atoms with Gasteiger partial charge in [0.05, 0.1) is 16.6 Å². The Bertz CT molecular complexity index is 605. The molecule has 2 rings (SSSR count). The van der Waals surface area contributed by atoms with Crippen LogP contribution in [0.3, 0.4) is 0 Å². The van der Waals surface area contributed by atoms with Crippen LogP contribution in [0, 0.1) is 25.6 Å². The summed E-state index contributed by atoms with van der Waals surface area (Å²) in [7, 11) is 0. The van der Waals surface area contributed by atoms with Crippen molar-refractivity contribution >= 4 is 17.3 Å². The van der Waals surface area contributed by atoms with E-state index >= 15 is 0 Å². The van der Waals surface area contributed by atoms with Crippen molar-refractivity contribution in [1.29, 1.82) is 0 Å². The van der Waals surface area contributed by atoms with Gasteiger partial charge >= 0.3 is 5.97 Å². The number of thiazole rings is 1. The molecule has 0 spiro atoms. The fourth-order valence-electron chi connectivity index (χ4n) is 2.03. The normalized spacial score (nSPS) is 12.3. The zero-order chi connectivity index (χ0) is 14.7. The van der Waals surface area contributed by atoms with Gasteiger partial charge in [0, 0.05) is 11.3 Å². The molecule has 0 aliphatic rings. The van der Waals surface area contributed by atoms with Gasteiger partial charge in [0.15, 0.2) is 0 Å². The Morgan fingerprint density at radius 3 is 2.70 bits per heavy atom. The Hall–Kier alpha value is -1.75. The van der Waals surface area contributed by atoms with Crippen molar-refractivity contribution in [3.8, 4) is 0 Å². The van der Waals surface area contributed by atoms with Crippen molar-refractivity contribution in [3.05, 3.63) is 51.2 Å². The smallest absolute Gasteiger partial charge is 0.307 e. The Morgan fingerprint density at radius 1 is 1.40 bits per heavy atom. The summed E-state index contributed by atoms with van der Waals surface area (Å²) in [5.41, 5.74) is 1.64. The molecular formula is C15H16FNO2S. The van der Waals surface area contributed by atoms with E-state index in [1.165, 1.54) is 23.5 Å². The first kappa shape index (κ1) is 14.7. The number of aryl methyl sites for hydroxylation is 2. The highest BCUT2D eigenvalue weighted by Crippen LogP contribution is 2.22. The van der Waals surface area contributed by atoms with E-state index in [9.17, 15) is 14.3 Å². The molecule has 0 saturated carbocycles. The van der Waals surface area contributed by atoms with Crippen LogP contribution in [0.5, 0.6) is 0 Å². The first-order valence-corrected chi connectivity index (χ1v) is 7.17. The third-order valence-electron chi connectivity index (χ3n) is 3.21. The third-order valence-corrected chi connectivity index (χ3v) is 4.31. The third kappa shape index (κ3) is 3.63. The maximum Gasteiger partial charge on any atom is 0.307 e. The molecule has 2 aromatic rings. The molecule has 0 aliphatic heterocycles. The van der Waals surface area contributed by atoms with Crippen LogP contribution in [0.25, 0.3) is 0 Å². The van der Waals surface area contributed by atoms with Crippen LogP contribution in [0.1, 0.15) is 21.1 Å². The van der Waals surface area contributed by atoms with Crippen molar-refractivity contribution < 1.29 is 14.3 Å². The molecule has 1 unspecified atom stereocenters. The van der Waals surface area contributed by atoms with Gasteiger partial charge in [0.2, 0.25) is 0 Å². The number of rotatable bonds is 5. The zero-order valence-electron chi connectivity index (χ0n) is 11.4. The van der Waals surface area contributed by atoms with E-state index in [2.05, 4.69) is 4.98 Å². The van der Waals surface area contributed by atoms with Crippen LogP contribution < -0.4 is 0 Å². The number of carbonyl (C=O) groups is 1. The summed E-state index contributed by atoms with van der Waals surface area (Å²) in [6.07, 6.45) is 0.690. The first-order valence-electron chi connectivity index (χ1n) is 6.36. The quantitative estimate of drug-likeness (QED) is 0.919. The van der Waals surface area contributed by atoms with Crippen molar-refractivity contribution in [2.45, 2.75) is 26.7 Å². The van der Waals surface area contributed by atoms with E-state index in [0.29, 0.717) is 18.4 Å². The van der Waals surface area contributed by atoms with Gasteiger partial charge in [0.1, 0.15) is 5.82 Å². The van der Waals surface area contributed by atoms with Gasteiger partial charge in [-0.1, -0.05) is 12.1 Å². The van der Waals surface area contributed by atoms with Gasteiger partial charge in [-0.05, 0) is 38.0 Å². The van der Waals surface area contributed by atoms with Gasteiger partial charge in [-0.15, -0.1) is 11.3 Å². The van der Waals surface area contributed by atoms with Crippen molar-refractivity contribution in [3.63, 3.8) is 0 Å². The van der Waals surface area contributed by atoms with Crippen LogP contribution in [0.15, 0.2) is 24.3 Å². The second kappa shape index (κ2) is 6.13. The van der Waals surface area contributed by atoms with Crippen molar-refractivity contribution in [2.75, 3.05) is 0 Å². The molecule has 0 aliphatic carbocycles. The lowest BCUT2D eigenvalue weighted by Crippen LogP contribution is -2.19. The summed E-state index contributed by atoms with van der Waals surface area (Å²) in [5, 5.41) is 10.1. The van der Waals surface area contributed by atoms with E-state index in [-0.39, 0.29) is 5.82 Å². The number of halogens is 1. The van der Waals surface area contributed by atoms with Crippen LogP contribution >= 0.6 is 11.3 Å². The Morgan fingerprint density at radius 2 is 2.15 bits per heavy atom. The summed E-state index contributed by atoms with van der Waals surface area (Å²) >= 11 is 1.53. The Labute approximate surface area is 121 Å². The highest BCUT2D eigenvalue weighted by molar-refractivity contribution is 7.11. The summed E-state index contributed by atoms with van der Waals surface area (Å²) in [5.74, 6) is -1.80. The lowest BCUT2D eigenvalue weighted by molar-refractivity contribution is -0.141. The minimum Gasteiger partial charge on any atom is -0.481 e. The van der Waals surface area contributed by atoms with Crippen LogP contribution in [-0.2, 0) is 17.6 Å². The molecular weight excluding hydrogens is 277 g/mol. The molecule has 1 atom stereocenters. The molecule has 1 heterocycles. The SMILES string of the molecule is Cc1nc(CC(Cc2cccc(F)c2)C(=O)O)sc1C. The molecule has 0 saturated heterocycles. The second-order valence-electron chi connectivity index (χ2n) is 4.82. The molecule has 0 fully saturated rings. The minimum absolute atomic E-state index is 0.310. The molecule has 0 bridgehead atoms. The maximum absolute atomic E-state index is 13.1. The minimum atomic E-state index is -0.875. The lowest BCUT2D eigenvalue weighted by Gasteiger charge is -2.10. The molecule has 1 aromatic carbocycles. The summed E-state index contributed by atoms with van der Waals surface area (Å²) in [4.78, 5) is 16.8. The number of aromatic nitrogens is 1. The van der Waals surface area contributed by atoms with E-state index in [1.807, 2.05) is 13.8 Å². The molecule has 3 nitrogen and oxygen atoms in total. The largest absolute Gasteiger partial charge is 0.481 e. The summed E-state index contributed by atoms with van der Waals surface area (Å²) in [6.45, 7) is 3.89. The number of nitrogens with zero attached hydrogens (tertiary/aromatic N) is 1.